The normalized spacial score (nSPS) is 15.9. The minimum absolute atomic E-state index is 0.0852. The van der Waals surface area contributed by atoms with Crippen LogP contribution in [0.4, 0.5) is 0 Å². The monoisotopic (exact) mass is 413 g/mol. The number of hydrogen-bond acceptors (Lipinski definition) is 6. The van der Waals surface area contributed by atoms with E-state index >= 15 is 0 Å². The largest absolute Gasteiger partial charge is 0.462 e. The molecule has 0 fully saturated rings. The summed E-state index contributed by atoms with van der Waals surface area (Å²) in [4.78, 5) is 25.8. The number of benzene rings is 2. The third-order valence-electron chi connectivity index (χ3n) is 4.57. The molecule has 0 amide bonds. The maximum Gasteiger partial charge on any atom is 0.340 e. The third kappa shape index (κ3) is 2.95. The van der Waals surface area contributed by atoms with Crippen LogP contribution in [0.3, 0.4) is 0 Å². The number of carbonyl (C=O) groups is 1. The van der Waals surface area contributed by atoms with Gasteiger partial charge in [-0.05, 0) is 30.7 Å². The number of nitrogens with two attached hydrogens (primary N) is 1. The maximum atomic E-state index is 13.1. The van der Waals surface area contributed by atoms with Crippen molar-refractivity contribution in [2.24, 2.45) is 5.73 Å². The van der Waals surface area contributed by atoms with Gasteiger partial charge in [-0.1, -0.05) is 53.3 Å². The molecular weight excluding hydrogens is 398 g/mol. The number of carbonyl (C=O) groups excluding carboxylic acids is 1. The highest BCUT2D eigenvalue weighted by Gasteiger charge is 2.39. The Hall–Kier alpha value is -2.83. The van der Waals surface area contributed by atoms with Crippen LogP contribution in [0, 0.1) is 0 Å². The molecule has 1 aliphatic heterocycles. The predicted octanol–water partition coefficient (Wildman–Crippen LogP) is 4.17. The van der Waals surface area contributed by atoms with Crippen LogP contribution >= 0.6 is 22.9 Å². The number of hydrogen-bond donors (Lipinski definition) is 1. The lowest BCUT2D eigenvalue weighted by atomic mass is 9.83. The van der Waals surface area contributed by atoms with Crippen molar-refractivity contribution in [2.45, 2.75) is 12.8 Å². The van der Waals surface area contributed by atoms with E-state index in [2.05, 4.69) is 0 Å². The number of ether oxygens (including phenoxy) is 2. The van der Waals surface area contributed by atoms with Gasteiger partial charge >= 0.3 is 5.97 Å². The van der Waals surface area contributed by atoms with E-state index in [0.717, 1.165) is 21.4 Å². The molecule has 2 heterocycles. The van der Waals surface area contributed by atoms with Crippen LogP contribution in [0.25, 0.3) is 10.1 Å². The Balaban J connectivity index is 2.07. The minimum atomic E-state index is -0.773. The molecule has 1 aromatic heterocycles. The van der Waals surface area contributed by atoms with Crippen LogP contribution in [-0.2, 0) is 9.53 Å². The molecule has 0 bridgehead atoms. The van der Waals surface area contributed by atoms with Gasteiger partial charge in [-0.15, -0.1) is 0 Å². The Morgan fingerprint density at radius 2 is 1.93 bits per heavy atom. The summed E-state index contributed by atoms with van der Waals surface area (Å²) in [7, 11) is 0. The van der Waals surface area contributed by atoms with E-state index in [9.17, 15) is 9.59 Å². The molecule has 2 N–H and O–H groups in total. The van der Waals surface area contributed by atoms with Gasteiger partial charge in [0.25, 0.3) is 0 Å². The van der Waals surface area contributed by atoms with Crippen LogP contribution in [0.1, 0.15) is 24.0 Å². The quantitative estimate of drug-likeness (QED) is 0.652. The molecule has 0 aliphatic carbocycles. The van der Waals surface area contributed by atoms with Gasteiger partial charge < -0.3 is 15.2 Å². The van der Waals surface area contributed by atoms with Gasteiger partial charge in [0.2, 0.25) is 10.6 Å². The lowest BCUT2D eigenvalue weighted by Crippen LogP contribution is -2.30. The SMILES string of the molecule is CCOC(=O)C1=C(N)Oc2c(c(=O)sc3ccccc23)[C@@H]1c1ccccc1Cl. The number of esters is 1. The second-order valence-electron chi connectivity index (χ2n) is 6.18. The highest BCUT2D eigenvalue weighted by atomic mass is 35.5. The summed E-state index contributed by atoms with van der Waals surface area (Å²) < 4.78 is 11.6. The zero-order valence-electron chi connectivity index (χ0n) is 14.9. The number of fused-ring (bicyclic) bond motifs is 3. The van der Waals surface area contributed by atoms with Gasteiger partial charge in [0, 0.05) is 15.1 Å². The van der Waals surface area contributed by atoms with E-state index in [1.165, 1.54) is 0 Å². The molecule has 0 radical (unpaired) electrons. The molecule has 142 valence electrons. The van der Waals surface area contributed by atoms with Crippen LogP contribution in [0.2, 0.25) is 5.02 Å². The number of rotatable bonds is 3. The summed E-state index contributed by atoms with van der Waals surface area (Å²) >= 11 is 7.53. The average molecular weight is 414 g/mol. The van der Waals surface area contributed by atoms with Gasteiger partial charge in [0.1, 0.15) is 11.3 Å². The fourth-order valence-electron chi connectivity index (χ4n) is 3.39. The van der Waals surface area contributed by atoms with Gasteiger partial charge in [0.15, 0.2) is 0 Å². The van der Waals surface area contributed by atoms with Crippen LogP contribution in [0.5, 0.6) is 5.75 Å². The molecule has 3 aromatic rings. The molecule has 0 saturated heterocycles. The Bertz CT molecular complexity index is 1180. The van der Waals surface area contributed by atoms with Crippen molar-refractivity contribution in [2.75, 3.05) is 6.61 Å². The average Bonchev–Trinajstić information content (AvgIpc) is 2.67. The summed E-state index contributed by atoms with van der Waals surface area (Å²) in [6, 6.07) is 14.5. The molecule has 28 heavy (non-hydrogen) atoms. The Morgan fingerprint density at radius 3 is 2.68 bits per heavy atom. The Labute approximate surface area is 170 Å². The zero-order valence-corrected chi connectivity index (χ0v) is 16.5. The van der Waals surface area contributed by atoms with E-state index < -0.39 is 11.9 Å². The first-order valence-corrected chi connectivity index (χ1v) is 9.87. The van der Waals surface area contributed by atoms with Crippen molar-refractivity contribution in [3.8, 4) is 5.75 Å². The third-order valence-corrected chi connectivity index (χ3v) is 5.89. The van der Waals surface area contributed by atoms with E-state index in [4.69, 9.17) is 26.8 Å². The maximum absolute atomic E-state index is 13.1. The summed E-state index contributed by atoms with van der Waals surface area (Å²) in [5.41, 5.74) is 7.18. The lowest BCUT2D eigenvalue weighted by Gasteiger charge is -2.28. The van der Waals surface area contributed by atoms with Gasteiger partial charge in [-0.2, -0.15) is 0 Å². The van der Waals surface area contributed by atoms with E-state index in [1.54, 1.807) is 31.2 Å². The van der Waals surface area contributed by atoms with Crippen LogP contribution in [-0.4, -0.2) is 12.6 Å². The topological polar surface area (TPSA) is 78.6 Å². The van der Waals surface area contributed by atoms with Crippen molar-refractivity contribution < 1.29 is 14.3 Å². The second kappa shape index (κ2) is 7.30. The molecule has 0 unspecified atom stereocenters. The molecule has 1 atom stereocenters. The fourth-order valence-corrected chi connectivity index (χ4v) is 4.58. The van der Waals surface area contributed by atoms with Crippen molar-refractivity contribution in [1.82, 2.24) is 0 Å². The van der Waals surface area contributed by atoms with Gasteiger partial charge in [0.05, 0.1) is 18.1 Å². The summed E-state index contributed by atoms with van der Waals surface area (Å²) in [5.74, 6) is -1.13. The van der Waals surface area contributed by atoms with E-state index in [-0.39, 0.29) is 22.8 Å². The first kappa shape index (κ1) is 18.5. The molecule has 4 rings (SSSR count). The fraction of sp³-hybridized carbons (Fsp3) is 0.143. The van der Waals surface area contributed by atoms with Crippen molar-refractivity contribution in [1.29, 1.82) is 0 Å². The summed E-state index contributed by atoms with van der Waals surface area (Å²) in [5, 5.41) is 1.18. The van der Waals surface area contributed by atoms with Gasteiger partial charge in [-0.25, -0.2) is 4.79 Å². The van der Waals surface area contributed by atoms with E-state index in [1.807, 2.05) is 24.3 Å². The Morgan fingerprint density at radius 1 is 1.21 bits per heavy atom. The van der Waals surface area contributed by atoms with Crippen molar-refractivity contribution >= 4 is 39.0 Å². The Kier molecular flexibility index (Phi) is 4.83. The summed E-state index contributed by atoms with van der Waals surface area (Å²) in [6.45, 7) is 1.87. The van der Waals surface area contributed by atoms with Gasteiger partial charge in [-0.3, -0.25) is 4.79 Å². The highest BCUT2D eigenvalue weighted by molar-refractivity contribution is 7.16. The molecule has 5 nitrogen and oxygen atoms in total. The van der Waals surface area contributed by atoms with Crippen LogP contribution in [0.15, 0.2) is 64.8 Å². The van der Waals surface area contributed by atoms with Crippen LogP contribution < -0.4 is 15.2 Å². The summed E-state index contributed by atoms with van der Waals surface area (Å²) in [6.07, 6.45) is 0. The molecule has 2 aromatic carbocycles. The standard InChI is InChI=1S/C21H16ClNO4S/c1-2-26-20(24)17-15(11-7-3-5-9-13(11)22)16-18(27-19(17)23)12-8-4-6-10-14(12)28-21(16)25/h3-10,15H,2,23H2,1H3/t15-/m0/s1. The van der Waals surface area contributed by atoms with E-state index in [0.29, 0.717) is 21.9 Å². The second-order valence-corrected chi connectivity index (χ2v) is 7.61. The molecule has 0 saturated carbocycles. The highest BCUT2D eigenvalue weighted by Crippen LogP contribution is 2.46. The lowest BCUT2D eigenvalue weighted by molar-refractivity contribution is -0.139. The minimum Gasteiger partial charge on any atom is -0.462 e. The van der Waals surface area contributed by atoms with Crippen molar-refractivity contribution in [3.63, 3.8) is 0 Å². The molecular formula is C21H16ClNO4S. The predicted molar refractivity (Wildman–Crippen MR) is 110 cm³/mol. The smallest absolute Gasteiger partial charge is 0.340 e. The molecule has 0 spiro atoms. The molecule has 7 heteroatoms. The first-order chi connectivity index (χ1) is 13.5. The number of halogens is 1. The first-order valence-electron chi connectivity index (χ1n) is 8.67. The molecule has 1 aliphatic rings. The van der Waals surface area contributed by atoms with Crippen molar-refractivity contribution in [3.05, 3.63) is 85.7 Å². The zero-order chi connectivity index (χ0) is 19.8.